The lowest BCUT2D eigenvalue weighted by atomic mass is 10.1. The first kappa shape index (κ1) is 11.7. The molecule has 2 aliphatic heterocycles. The molecule has 3 heteroatoms. The van der Waals surface area contributed by atoms with Crippen LogP contribution in [0.1, 0.15) is 30.4 Å². The third-order valence-electron chi connectivity index (χ3n) is 3.76. The van der Waals surface area contributed by atoms with Crippen molar-refractivity contribution < 1.29 is 0 Å². The molecule has 1 aromatic carbocycles. The molecule has 1 saturated heterocycles. The Morgan fingerprint density at radius 1 is 1.11 bits per heavy atom. The molecule has 0 atom stereocenters. The van der Waals surface area contributed by atoms with Gasteiger partial charge in [0.25, 0.3) is 0 Å². The molecule has 96 valence electrons. The smallest absolute Gasteiger partial charge is 0.128 e. The van der Waals surface area contributed by atoms with Crippen LogP contribution in [-0.2, 0) is 6.54 Å². The van der Waals surface area contributed by atoms with E-state index in [1.807, 2.05) is 0 Å². The maximum atomic E-state index is 4.62. The Balaban J connectivity index is 1.82. The predicted molar refractivity (Wildman–Crippen MR) is 75.0 cm³/mol. The monoisotopic (exact) mass is 243 g/mol. The van der Waals surface area contributed by atoms with Crippen molar-refractivity contribution in [3.8, 4) is 0 Å². The number of hydrogen-bond donors (Lipinski definition) is 1. The van der Waals surface area contributed by atoms with Crippen molar-refractivity contribution in [1.29, 1.82) is 0 Å². The summed E-state index contributed by atoms with van der Waals surface area (Å²) < 4.78 is 0. The van der Waals surface area contributed by atoms with Gasteiger partial charge in [-0.2, -0.15) is 0 Å². The van der Waals surface area contributed by atoms with Crippen LogP contribution in [0, 0.1) is 0 Å². The van der Waals surface area contributed by atoms with E-state index >= 15 is 0 Å². The number of nitrogens with one attached hydrogen (secondary N) is 1. The van der Waals surface area contributed by atoms with Crippen molar-refractivity contribution in [3.63, 3.8) is 0 Å². The van der Waals surface area contributed by atoms with Gasteiger partial charge in [0.15, 0.2) is 0 Å². The van der Waals surface area contributed by atoms with Gasteiger partial charge in [0.1, 0.15) is 5.84 Å². The quantitative estimate of drug-likeness (QED) is 0.879. The van der Waals surface area contributed by atoms with Gasteiger partial charge in [0.05, 0.1) is 0 Å². The number of rotatable bonds is 3. The Hall–Kier alpha value is -1.35. The molecule has 0 amide bonds. The Labute approximate surface area is 109 Å². The minimum atomic E-state index is 0.959. The maximum Gasteiger partial charge on any atom is 0.128 e. The number of amidine groups is 1. The van der Waals surface area contributed by atoms with E-state index in [9.17, 15) is 0 Å². The zero-order valence-corrected chi connectivity index (χ0v) is 10.9. The van der Waals surface area contributed by atoms with Crippen LogP contribution in [-0.4, -0.2) is 36.9 Å². The first-order chi connectivity index (χ1) is 8.93. The van der Waals surface area contributed by atoms with E-state index in [4.69, 9.17) is 0 Å². The van der Waals surface area contributed by atoms with E-state index in [0.717, 1.165) is 31.9 Å². The topological polar surface area (TPSA) is 27.6 Å². The molecule has 3 rings (SSSR count). The van der Waals surface area contributed by atoms with Crippen LogP contribution in [0.5, 0.6) is 0 Å². The summed E-state index contributed by atoms with van der Waals surface area (Å²) >= 11 is 0. The number of hydrogen-bond acceptors (Lipinski definition) is 3. The average Bonchev–Trinajstić information content (AvgIpc) is 2.93. The summed E-state index contributed by atoms with van der Waals surface area (Å²) in [4.78, 5) is 7.17. The molecule has 0 saturated carbocycles. The van der Waals surface area contributed by atoms with Gasteiger partial charge >= 0.3 is 0 Å². The van der Waals surface area contributed by atoms with Crippen molar-refractivity contribution in [1.82, 2.24) is 10.2 Å². The van der Waals surface area contributed by atoms with Crippen LogP contribution in [0.15, 0.2) is 29.3 Å². The highest BCUT2D eigenvalue weighted by Gasteiger charge is 2.16. The van der Waals surface area contributed by atoms with E-state index in [1.165, 1.54) is 37.1 Å². The molecule has 18 heavy (non-hydrogen) atoms. The third kappa shape index (κ3) is 2.56. The summed E-state index contributed by atoms with van der Waals surface area (Å²) in [6.45, 7) is 5.57. The normalized spacial score (nSPS) is 20.6. The summed E-state index contributed by atoms with van der Waals surface area (Å²) in [6.07, 6.45) is 3.85. The summed E-state index contributed by atoms with van der Waals surface area (Å²) in [5.74, 6) is 1.09. The Kier molecular flexibility index (Phi) is 3.60. The zero-order valence-electron chi connectivity index (χ0n) is 10.9. The largest absolute Gasteiger partial charge is 0.370 e. The molecule has 1 fully saturated rings. The maximum absolute atomic E-state index is 4.62. The lowest BCUT2D eigenvalue weighted by Crippen LogP contribution is -2.31. The summed E-state index contributed by atoms with van der Waals surface area (Å²) in [5.41, 5.74) is 2.71. The molecule has 0 unspecified atom stereocenters. The summed E-state index contributed by atoms with van der Waals surface area (Å²) in [6, 6.07) is 8.69. The molecule has 2 aliphatic rings. The highest BCUT2D eigenvalue weighted by Crippen LogP contribution is 2.17. The van der Waals surface area contributed by atoms with Crippen molar-refractivity contribution in [3.05, 3.63) is 35.4 Å². The van der Waals surface area contributed by atoms with Gasteiger partial charge in [0.2, 0.25) is 0 Å². The zero-order chi connectivity index (χ0) is 12.2. The van der Waals surface area contributed by atoms with Gasteiger partial charge in [-0.25, -0.2) is 0 Å². The molecule has 0 bridgehead atoms. The number of likely N-dealkylation sites (tertiary alicyclic amines) is 1. The molecule has 1 N–H and O–H groups in total. The second-order valence-electron chi connectivity index (χ2n) is 5.15. The van der Waals surface area contributed by atoms with Crippen LogP contribution in [0.4, 0.5) is 0 Å². The van der Waals surface area contributed by atoms with Crippen molar-refractivity contribution in [2.45, 2.75) is 25.8 Å². The van der Waals surface area contributed by atoms with Crippen molar-refractivity contribution in [2.75, 3.05) is 26.2 Å². The van der Waals surface area contributed by atoms with Crippen LogP contribution in [0.2, 0.25) is 0 Å². The second-order valence-corrected chi connectivity index (χ2v) is 5.15. The highest BCUT2D eigenvalue weighted by atomic mass is 15.1. The fraction of sp³-hybridized carbons (Fsp3) is 0.533. The molecule has 0 aromatic heterocycles. The van der Waals surface area contributed by atoms with E-state index in [-0.39, 0.29) is 0 Å². The standard InChI is InChI=1S/C15H21N3/c1-2-7-14(15-16-8-5-9-17-15)13(6-1)12-18-10-3-4-11-18/h1-2,6-7H,3-5,8-12H2,(H,16,17). The number of benzene rings is 1. The Morgan fingerprint density at radius 3 is 2.72 bits per heavy atom. The van der Waals surface area contributed by atoms with Gasteiger partial charge in [-0.3, -0.25) is 9.89 Å². The minimum absolute atomic E-state index is 0.959. The minimum Gasteiger partial charge on any atom is -0.370 e. The van der Waals surface area contributed by atoms with Crippen LogP contribution < -0.4 is 5.32 Å². The molecule has 1 aromatic rings. The fourth-order valence-electron chi connectivity index (χ4n) is 2.78. The van der Waals surface area contributed by atoms with Crippen LogP contribution >= 0.6 is 0 Å². The van der Waals surface area contributed by atoms with Gasteiger partial charge in [-0.1, -0.05) is 24.3 Å². The van der Waals surface area contributed by atoms with E-state index < -0.39 is 0 Å². The molecule has 0 radical (unpaired) electrons. The van der Waals surface area contributed by atoms with E-state index in [1.54, 1.807) is 0 Å². The highest BCUT2D eigenvalue weighted by molar-refractivity contribution is 6.00. The van der Waals surface area contributed by atoms with Gasteiger partial charge < -0.3 is 5.32 Å². The molecule has 0 aliphatic carbocycles. The van der Waals surface area contributed by atoms with E-state index in [0.29, 0.717) is 0 Å². The van der Waals surface area contributed by atoms with Gasteiger partial charge in [-0.05, 0) is 37.9 Å². The molecule has 3 nitrogen and oxygen atoms in total. The third-order valence-corrected chi connectivity index (χ3v) is 3.76. The summed E-state index contributed by atoms with van der Waals surface area (Å²) in [7, 11) is 0. The Bertz CT molecular complexity index is 433. The van der Waals surface area contributed by atoms with Crippen LogP contribution in [0.3, 0.4) is 0 Å². The van der Waals surface area contributed by atoms with E-state index in [2.05, 4.69) is 39.5 Å². The first-order valence-corrected chi connectivity index (χ1v) is 7.02. The first-order valence-electron chi connectivity index (χ1n) is 7.02. The lowest BCUT2D eigenvalue weighted by Gasteiger charge is -2.20. The van der Waals surface area contributed by atoms with Crippen molar-refractivity contribution >= 4 is 5.84 Å². The second kappa shape index (κ2) is 5.53. The fourth-order valence-corrected chi connectivity index (χ4v) is 2.78. The SMILES string of the molecule is c1ccc(C2=NCCCN2)c(CN2CCCC2)c1. The Morgan fingerprint density at radius 2 is 1.94 bits per heavy atom. The number of nitrogens with zero attached hydrogens (tertiary/aromatic N) is 2. The molecule has 2 heterocycles. The lowest BCUT2D eigenvalue weighted by molar-refractivity contribution is 0.331. The number of aliphatic imine (C=N–C) groups is 1. The summed E-state index contributed by atoms with van der Waals surface area (Å²) in [5, 5.41) is 3.43. The van der Waals surface area contributed by atoms with Crippen molar-refractivity contribution in [2.24, 2.45) is 4.99 Å². The van der Waals surface area contributed by atoms with Gasteiger partial charge in [0, 0.05) is 25.2 Å². The van der Waals surface area contributed by atoms with Crippen LogP contribution in [0.25, 0.3) is 0 Å². The predicted octanol–water partition coefficient (Wildman–Crippen LogP) is 2.02. The molecular weight excluding hydrogens is 222 g/mol. The molecule has 0 spiro atoms. The average molecular weight is 243 g/mol. The van der Waals surface area contributed by atoms with Gasteiger partial charge in [-0.15, -0.1) is 0 Å². The molecular formula is C15H21N3.